The summed E-state index contributed by atoms with van der Waals surface area (Å²) in [7, 11) is 0. The number of hydrogen-bond donors (Lipinski definition) is 1. The fraction of sp³-hybridized carbons (Fsp3) is 0.545. The Labute approximate surface area is 89.3 Å². The maximum Gasteiger partial charge on any atom is 0.123 e. The van der Waals surface area contributed by atoms with E-state index in [1.807, 2.05) is 17.8 Å². The molecule has 1 aliphatic heterocycles. The molecule has 0 amide bonds. The normalized spacial score (nSPS) is 21.4. The summed E-state index contributed by atoms with van der Waals surface area (Å²) in [4.78, 5) is 5.76. The van der Waals surface area contributed by atoms with Crippen molar-refractivity contribution in [2.45, 2.75) is 31.1 Å². The second kappa shape index (κ2) is 4.22. The fourth-order valence-corrected chi connectivity index (χ4v) is 2.97. The highest BCUT2D eigenvalue weighted by Crippen LogP contribution is 2.31. The van der Waals surface area contributed by atoms with Crippen LogP contribution in [0.5, 0.6) is 0 Å². The van der Waals surface area contributed by atoms with Crippen molar-refractivity contribution in [1.29, 1.82) is 0 Å². The van der Waals surface area contributed by atoms with E-state index < -0.39 is 0 Å². The highest BCUT2D eigenvalue weighted by Gasteiger charge is 2.16. The summed E-state index contributed by atoms with van der Waals surface area (Å²) >= 11 is 1.92. The lowest BCUT2D eigenvalue weighted by atomic mass is 9.97. The number of nitrogens with two attached hydrogens (primary N) is 1. The Balaban J connectivity index is 2.28. The molecule has 2 heterocycles. The van der Waals surface area contributed by atoms with Crippen LogP contribution < -0.4 is 5.73 Å². The van der Waals surface area contributed by atoms with Gasteiger partial charge in [-0.2, -0.15) is 0 Å². The van der Waals surface area contributed by atoms with Crippen LogP contribution in [0.2, 0.25) is 0 Å². The van der Waals surface area contributed by atoms with Gasteiger partial charge in [0.05, 0.1) is 5.69 Å². The van der Waals surface area contributed by atoms with E-state index in [0.29, 0.717) is 5.82 Å². The molecular formula is C11H16N2S. The molecule has 76 valence electrons. The number of nitrogen functional groups attached to an aromatic ring is 1. The number of anilines is 1. The third kappa shape index (κ3) is 2.03. The first-order chi connectivity index (χ1) is 6.79. The largest absolute Gasteiger partial charge is 0.384 e. The minimum atomic E-state index is 0.654. The van der Waals surface area contributed by atoms with Crippen LogP contribution in [-0.4, -0.2) is 10.7 Å². The average Bonchev–Trinajstić information content (AvgIpc) is 2.38. The molecule has 2 N–H and O–H groups in total. The fourth-order valence-electron chi connectivity index (χ4n) is 1.84. The summed E-state index contributed by atoms with van der Waals surface area (Å²) in [6.07, 6.45) is 3.65. The Morgan fingerprint density at radius 1 is 1.57 bits per heavy atom. The number of aromatic nitrogens is 1. The Hall–Kier alpha value is -0.700. The third-order valence-electron chi connectivity index (χ3n) is 2.80. The predicted molar refractivity (Wildman–Crippen MR) is 61.5 cm³/mol. The molecule has 2 rings (SSSR count). The van der Waals surface area contributed by atoms with Gasteiger partial charge in [-0.1, -0.05) is 13.3 Å². The molecule has 2 nitrogen and oxygen atoms in total. The molecule has 1 aliphatic rings. The minimum absolute atomic E-state index is 0.654. The van der Waals surface area contributed by atoms with Crippen LogP contribution in [0.1, 0.15) is 25.5 Å². The van der Waals surface area contributed by atoms with Crippen molar-refractivity contribution in [3.63, 3.8) is 0 Å². The zero-order chi connectivity index (χ0) is 9.97. The molecule has 0 aromatic carbocycles. The highest BCUT2D eigenvalue weighted by atomic mass is 32.2. The van der Waals surface area contributed by atoms with Crippen LogP contribution in [0.3, 0.4) is 0 Å². The average molecular weight is 208 g/mol. The zero-order valence-corrected chi connectivity index (χ0v) is 9.31. The molecule has 0 aliphatic carbocycles. The highest BCUT2D eigenvalue weighted by molar-refractivity contribution is 7.99. The van der Waals surface area contributed by atoms with E-state index in [2.05, 4.69) is 18.0 Å². The van der Waals surface area contributed by atoms with Gasteiger partial charge in [0.1, 0.15) is 5.82 Å². The third-order valence-corrected chi connectivity index (χ3v) is 3.92. The second-order valence-corrected chi connectivity index (χ2v) is 4.93. The number of pyridine rings is 1. The molecule has 1 atom stereocenters. The summed E-state index contributed by atoms with van der Waals surface area (Å²) < 4.78 is 0. The van der Waals surface area contributed by atoms with Gasteiger partial charge in [0.15, 0.2) is 0 Å². The second-order valence-electron chi connectivity index (χ2n) is 3.80. The maximum absolute atomic E-state index is 5.70. The molecule has 1 unspecified atom stereocenters. The molecule has 0 radical (unpaired) electrons. The first kappa shape index (κ1) is 9.84. The van der Waals surface area contributed by atoms with E-state index >= 15 is 0 Å². The van der Waals surface area contributed by atoms with Gasteiger partial charge in [-0.05, 0) is 36.6 Å². The van der Waals surface area contributed by atoms with E-state index in [9.17, 15) is 0 Å². The van der Waals surface area contributed by atoms with E-state index in [1.165, 1.54) is 29.2 Å². The van der Waals surface area contributed by atoms with Gasteiger partial charge in [-0.25, -0.2) is 4.98 Å². The van der Waals surface area contributed by atoms with Crippen LogP contribution in [0.15, 0.2) is 17.0 Å². The molecule has 0 saturated heterocycles. The number of thioether (sulfide) groups is 1. The van der Waals surface area contributed by atoms with Gasteiger partial charge in [0.25, 0.3) is 0 Å². The van der Waals surface area contributed by atoms with Crippen LogP contribution in [0.25, 0.3) is 0 Å². The lowest BCUT2D eigenvalue weighted by Crippen LogP contribution is -2.05. The van der Waals surface area contributed by atoms with E-state index in [0.717, 1.165) is 12.3 Å². The minimum Gasteiger partial charge on any atom is -0.384 e. The van der Waals surface area contributed by atoms with Crippen molar-refractivity contribution in [1.82, 2.24) is 4.98 Å². The van der Waals surface area contributed by atoms with E-state index in [-0.39, 0.29) is 0 Å². The van der Waals surface area contributed by atoms with Gasteiger partial charge in [-0.3, -0.25) is 0 Å². The summed E-state index contributed by atoms with van der Waals surface area (Å²) in [5.74, 6) is 2.66. The number of fused-ring (bicyclic) bond motifs is 1. The van der Waals surface area contributed by atoms with E-state index in [4.69, 9.17) is 5.73 Å². The van der Waals surface area contributed by atoms with Crippen LogP contribution in [0.4, 0.5) is 5.82 Å². The lowest BCUT2D eigenvalue weighted by Gasteiger charge is -2.10. The van der Waals surface area contributed by atoms with Crippen LogP contribution in [-0.2, 0) is 6.42 Å². The number of nitrogens with zero attached hydrogens (tertiary/aromatic N) is 1. The summed E-state index contributed by atoms with van der Waals surface area (Å²) in [6, 6.07) is 4.01. The number of hydrogen-bond acceptors (Lipinski definition) is 3. The summed E-state index contributed by atoms with van der Waals surface area (Å²) in [5.41, 5.74) is 6.91. The lowest BCUT2D eigenvalue weighted by molar-refractivity contribution is 0.490. The molecule has 0 bridgehead atoms. The quantitative estimate of drug-likeness (QED) is 0.771. The SMILES string of the molecule is CCC1CCSc2ccc(N)nc2C1. The van der Waals surface area contributed by atoms with E-state index in [1.54, 1.807) is 0 Å². The molecule has 0 spiro atoms. The van der Waals surface area contributed by atoms with Crippen molar-refractivity contribution in [2.75, 3.05) is 11.5 Å². The Morgan fingerprint density at radius 3 is 3.21 bits per heavy atom. The molecule has 0 fully saturated rings. The van der Waals surface area contributed by atoms with Crippen molar-refractivity contribution in [3.05, 3.63) is 17.8 Å². The first-order valence-corrected chi connectivity index (χ1v) is 6.16. The smallest absolute Gasteiger partial charge is 0.123 e. The Kier molecular flexibility index (Phi) is 2.96. The number of rotatable bonds is 1. The molecule has 0 saturated carbocycles. The van der Waals surface area contributed by atoms with Gasteiger partial charge < -0.3 is 5.73 Å². The summed E-state index contributed by atoms with van der Waals surface area (Å²) in [6.45, 7) is 2.26. The van der Waals surface area contributed by atoms with Gasteiger partial charge in [-0.15, -0.1) is 11.8 Å². The first-order valence-electron chi connectivity index (χ1n) is 5.17. The van der Waals surface area contributed by atoms with Crippen molar-refractivity contribution >= 4 is 17.6 Å². The molecule has 1 aromatic rings. The van der Waals surface area contributed by atoms with Gasteiger partial charge in [0.2, 0.25) is 0 Å². The van der Waals surface area contributed by atoms with Gasteiger partial charge in [0, 0.05) is 4.90 Å². The standard InChI is InChI=1S/C11H16N2S/c1-2-8-5-6-14-10-3-4-11(12)13-9(10)7-8/h3-4,8H,2,5-7H2,1H3,(H2,12,13). The van der Waals surface area contributed by atoms with Gasteiger partial charge >= 0.3 is 0 Å². The molecule has 14 heavy (non-hydrogen) atoms. The van der Waals surface area contributed by atoms with Crippen molar-refractivity contribution in [2.24, 2.45) is 5.92 Å². The maximum atomic E-state index is 5.70. The molecule has 1 aromatic heterocycles. The van der Waals surface area contributed by atoms with Crippen LogP contribution in [0, 0.1) is 5.92 Å². The van der Waals surface area contributed by atoms with Crippen molar-refractivity contribution in [3.8, 4) is 0 Å². The van der Waals surface area contributed by atoms with Crippen LogP contribution >= 0.6 is 11.8 Å². The zero-order valence-electron chi connectivity index (χ0n) is 8.49. The Bertz CT molecular complexity index is 325. The Morgan fingerprint density at radius 2 is 2.43 bits per heavy atom. The topological polar surface area (TPSA) is 38.9 Å². The summed E-state index contributed by atoms with van der Waals surface area (Å²) in [5, 5.41) is 0. The molecular weight excluding hydrogens is 192 g/mol. The predicted octanol–water partition coefficient (Wildman–Crippen LogP) is 2.73. The molecule has 3 heteroatoms. The monoisotopic (exact) mass is 208 g/mol. The van der Waals surface area contributed by atoms with Crippen molar-refractivity contribution < 1.29 is 0 Å².